The first kappa shape index (κ1) is 61.3. The average molecular weight is 1140 g/mol. The van der Waals surface area contributed by atoms with E-state index in [1.807, 2.05) is 0 Å². The van der Waals surface area contributed by atoms with E-state index in [1.165, 1.54) is 26.2 Å². The fraction of sp³-hybridized carbons (Fsp3) is 0.456. The van der Waals surface area contributed by atoms with Crippen molar-refractivity contribution in [3.05, 3.63) is 143 Å². The Balaban J connectivity index is 1.42. The lowest BCUT2D eigenvalue weighted by atomic mass is 9.95. The number of esters is 7. The normalized spacial score (nSPS) is 28.1. The molecule has 0 saturated carbocycles. The Kier molecular flexibility index (Phi) is 21.9. The third kappa shape index (κ3) is 16.7. The molecule has 3 heterocycles. The van der Waals surface area contributed by atoms with Crippen LogP contribution in [0.15, 0.2) is 109 Å². The molecule has 436 valence electrons. The number of carbonyl (C=O) groups is 7. The summed E-state index contributed by atoms with van der Waals surface area (Å²) >= 11 is 0. The van der Waals surface area contributed by atoms with Crippen molar-refractivity contribution in [2.45, 2.75) is 147 Å². The minimum atomic E-state index is -2.17. The lowest BCUT2D eigenvalue weighted by molar-refractivity contribution is -0.386. The summed E-state index contributed by atoms with van der Waals surface area (Å²) in [6, 6.07) is 27.4. The van der Waals surface area contributed by atoms with Gasteiger partial charge in [0.1, 0.15) is 48.8 Å². The standard InChI is InChI=1S/C57H62F2O22/c1-30-44(72-32(3)61)47(74-34(5)63)50(70-27-37-19-13-9-14-20-37)56(71-30)80-46-42(28-68-26-36-17-11-8-12-18-36)76-55(67-7)51(78-53(65)38-21-15-10-16-22-38)49(46)81-57-52(79-54(66)40-25-39(58)23-24-41(40)59)48(75-35(6)64)45(73-33(4)62)43(77-57)29-69-31(2)60/h8-25,30,42-52,55-57H,26-29H2,1-7H3/t30-,42+,43+,44+,45-,46+,47+,48-,49-,50-,51+,52+,55-,56-,57-/m0/s1. The second-order valence-electron chi connectivity index (χ2n) is 18.8. The maximum Gasteiger partial charge on any atom is 0.341 e. The fourth-order valence-corrected chi connectivity index (χ4v) is 9.24. The molecule has 0 aromatic heterocycles. The van der Waals surface area contributed by atoms with Crippen molar-refractivity contribution in [3.63, 3.8) is 0 Å². The molecule has 0 spiro atoms. The van der Waals surface area contributed by atoms with E-state index < -0.39 is 158 Å². The van der Waals surface area contributed by atoms with Crippen LogP contribution in [0.25, 0.3) is 0 Å². The molecule has 4 aromatic rings. The molecular weight excluding hydrogens is 1070 g/mol. The van der Waals surface area contributed by atoms with Crippen LogP contribution in [0, 0.1) is 11.6 Å². The van der Waals surface area contributed by atoms with Crippen molar-refractivity contribution in [1.29, 1.82) is 0 Å². The van der Waals surface area contributed by atoms with Gasteiger partial charge in [-0.15, -0.1) is 0 Å². The number of carbonyl (C=O) groups excluding carboxylic acids is 7. The van der Waals surface area contributed by atoms with Crippen molar-refractivity contribution >= 4 is 41.8 Å². The van der Waals surface area contributed by atoms with Crippen LogP contribution in [0.4, 0.5) is 8.78 Å². The highest BCUT2D eigenvalue weighted by Crippen LogP contribution is 2.39. The van der Waals surface area contributed by atoms with Gasteiger partial charge in [0, 0.05) is 41.7 Å². The van der Waals surface area contributed by atoms with Gasteiger partial charge in [0.05, 0.1) is 37.1 Å². The predicted octanol–water partition coefficient (Wildman–Crippen LogP) is 5.42. The summed E-state index contributed by atoms with van der Waals surface area (Å²) in [5.74, 6) is -9.31. The van der Waals surface area contributed by atoms with E-state index in [2.05, 4.69) is 0 Å². The maximum atomic E-state index is 15.4. The van der Waals surface area contributed by atoms with Gasteiger partial charge in [-0.2, -0.15) is 0 Å². The Morgan fingerprint density at radius 2 is 0.963 bits per heavy atom. The highest BCUT2D eigenvalue weighted by atomic mass is 19.1. The van der Waals surface area contributed by atoms with E-state index in [0.29, 0.717) is 17.7 Å². The van der Waals surface area contributed by atoms with Crippen molar-refractivity contribution in [3.8, 4) is 0 Å². The van der Waals surface area contributed by atoms with Gasteiger partial charge in [0.25, 0.3) is 0 Å². The van der Waals surface area contributed by atoms with Gasteiger partial charge in [-0.25, -0.2) is 18.4 Å². The molecule has 0 unspecified atom stereocenters. The summed E-state index contributed by atoms with van der Waals surface area (Å²) in [5.41, 5.74) is 0.438. The summed E-state index contributed by atoms with van der Waals surface area (Å²) in [4.78, 5) is 92.5. The summed E-state index contributed by atoms with van der Waals surface area (Å²) in [5, 5.41) is 0. The second-order valence-corrected chi connectivity index (χ2v) is 18.8. The van der Waals surface area contributed by atoms with Crippen molar-refractivity contribution in [1.82, 2.24) is 0 Å². The molecule has 0 radical (unpaired) electrons. The van der Waals surface area contributed by atoms with Gasteiger partial charge >= 0.3 is 41.8 Å². The molecule has 4 aromatic carbocycles. The second kappa shape index (κ2) is 28.9. The van der Waals surface area contributed by atoms with Gasteiger partial charge in [-0.1, -0.05) is 78.9 Å². The monoisotopic (exact) mass is 1140 g/mol. The summed E-state index contributed by atoms with van der Waals surface area (Å²) in [6.45, 7) is 5.50. The zero-order valence-electron chi connectivity index (χ0n) is 45.1. The molecule has 15 atom stereocenters. The minimum absolute atomic E-state index is 0.0127. The first-order valence-corrected chi connectivity index (χ1v) is 25.6. The number of halogens is 2. The van der Waals surface area contributed by atoms with E-state index in [0.717, 1.165) is 46.2 Å². The molecule has 3 aliphatic rings. The van der Waals surface area contributed by atoms with E-state index >= 15 is 4.39 Å². The van der Waals surface area contributed by atoms with E-state index in [-0.39, 0.29) is 25.4 Å². The van der Waals surface area contributed by atoms with Gasteiger partial charge in [-0.05, 0) is 48.4 Å². The minimum Gasteiger partial charge on any atom is -0.463 e. The van der Waals surface area contributed by atoms with Gasteiger partial charge < -0.3 is 71.1 Å². The summed E-state index contributed by atoms with van der Waals surface area (Å²) < 4.78 is 123. The molecule has 0 N–H and O–H groups in total. The molecule has 24 heteroatoms. The van der Waals surface area contributed by atoms with E-state index in [1.54, 1.807) is 78.9 Å². The molecule has 7 rings (SSSR count). The van der Waals surface area contributed by atoms with Crippen LogP contribution < -0.4 is 0 Å². The summed E-state index contributed by atoms with van der Waals surface area (Å²) in [6.07, 6.45) is -25.2. The molecule has 3 aliphatic heterocycles. The SMILES string of the molecule is CO[C@H]1O[C@H](COCc2ccccc2)[C@@H](O[C@@H]2O[C@@H](C)[C@@H](OC(C)=O)[C@@H](OC(C)=O)[C@@H]2OCc2ccccc2)[C@H](O[C@@H]2O[C@H](COC(C)=O)[C@H](OC(C)=O)[C@H](OC(C)=O)[C@H]2OC(=O)c2cc(F)ccc2F)[C@H]1OC(=O)c1ccccc1. The Labute approximate surface area is 464 Å². The van der Waals surface area contributed by atoms with Crippen LogP contribution in [0.5, 0.6) is 0 Å². The lowest BCUT2D eigenvalue weighted by Gasteiger charge is -2.51. The van der Waals surface area contributed by atoms with Gasteiger partial charge in [-0.3, -0.25) is 24.0 Å². The molecule has 3 saturated heterocycles. The number of rotatable bonds is 22. The first-order chi connectivity index (χ1) is 38.8. The Bertz CT molecular complexity index is 2770. The van der Waals surface area contributed by atoms with Crippen LogP contribution in [0.2, 0.25) is 0 Å². The number of ether oxygens (including phenoxy) is 15. The number of benzene rings is 4. The van der Waals surface area contributed by atoms with Crippen LogP contribution in [0.1, 0.15) is 73.4 Å². The Morgan fingerprint density at radius 1 is 0.469 bits per heavy atom. The van der Waals surface area contributed by atoms with E-state index in [9.17, 15) is 38.0 Å². The first-order valence-electron chi connectivity index (χ1n) is 25.6. The zero-order chi connectivity index (χ0) is 58.3. The predicted molar refractivity (Wildman–Crippen MR) is 270 cm³/mol. The van der Waals surface area contributed by atoms with Crippen LogP contribution in [0.3, 0.4) is 0 Å². The molecule has 0 aliphatic carbocycles. The fourth-order valence-electron chi connectivity index (χ4n) is 9.24. The average Bonchev–Trinajstić information content (AvgIpc) is 3.43. The van der Waals surface area contributed by atoms with Crippen LogP contribution >= 0.6 is 0 Å². The zero-order valence-corrected chi connectivity index (χ0v) is 45.1. The van der Waals surface area contributed by atoms with Gasteiger partial charge in [0.15, 0.2) is 55.5 Å². The largest absolute Gasteiger partial charge is 0.463 e. The van der Waals surface area contributed by atoms with Crippen molar-refractivity contribution in [2.24, 2.45) is 0 Å². The van der Waals surface area contributed by atoms with Crippen LogP contribution in [-0.2, 0) is 108 Å². The molecule has 3 fully saturated rings. The molecule has 0 amide bonds. The number of hydrogen-bond acceptors (Lipinski definition) is 22. The van der Waals surface area contributed by atoms with Crippen molar-refractivity contribution < 1.29 is 113 Å². The highest BCUT2D eigenvalue weighted by molar-refractivity contribution is 5.90. The lowest BCUT2D eigenvalue weighted by Crippen LogP contribution is -2.68. The molecule has 81 heavy (non-hydrogen) atoms. The smallest absolute Gasteiger partial charge is 0.341 e. The van der Waals surface area contributed by atoms with Crippen LogP contribution in [-0.4, -0.2) is 154 Å². The third-order valence-electron chi connectivity index (χ3n) is 12.7. The van der Waals surface area contributed by atoms with E-state index in [4.69, 9.17) is 71.1 Å². The van der Waals surface area contributed by atoms with Gasteiger partial charge in [0.2, 0.25) is 0 Å². The molecule has 22 nitrogen and oxygen atoms in total. The topological polar surface area (TPSA) is 258 Å². The molecular formula is C57H62F2O22. The Hall–Kier alpha value is -7.29. The van der Waals surface area contributed by atoms with Crippen molar-refractivity contribution in [2.75, 3.05) is 20.3 Å². The maximum absolute atomic E-state index is 15.4. The number of methoxy groups -OCH3 is 1. The third-order valence-corrected chi connectivity index (χ3v) is 12.7. The quantitative estimate of drug-likeness (QED) is 0.0703. The molecule has 0 bridgehead atoms. The highest BCUT2D eigenvalue weighted by Gasteiger charge is 2.59. The Morgan fingerprint density at radius 3 is 1.56 bits per heavy atom. The number of hydrogen-bond donors (Lipinski definition) is 0. The summed E-state index contributed by atoms with van der Waals surface area (Å²) in [7, 11) is 1.22.